The Hall–Kier alpha value is -1.10. The second-order valence-electron chi connectivity index (χ2n) is 5.19. The van der Waals surface area contributed by atoms with Crippen molar-refractivity contribution < 1.29 is 14.3 Å². The third kappa shape index (κ3) is 6.59. The van der Waals surface area contributed by atoms with Gasteiger partial charge in [0.2, 0.25) is 5.91 Å². The van der Waals surface area contributed by atoms with Crippen LogP contribution in [0.25, 0.3) is 0 Å². The monoisotopic (exact) mass is 258 g/mol. The minimum Gasteiger partial charge on any atom is -0.467 e. The van der Waals surface area contributed by atoms with Crippen LogP contribution >= 0.6 is 0 Å². The van der Waals surface area contributed by atoms with Gasteiger partial charge >= 0.3 is 5.97 Å². The van der Waals surface area contributed by atoms with Crippen LogP contribution in [0, 0.1) is 5.92 Å². The number of rotatable bonds is 7. The lowest BCUT2D eigenvalue weighted by Gasteiger charge is -2.29. The lowest BCUT2D eigenvalue weighted by atomic mass is 10.0. The zero-order valence-corrected chi connectivity index (χ0v) is 12.3. The number of nitrogens with zero attached hydrogens (tertiary/aromatic N) is 1. The van der Waals surface area contributed by atoms with Crippen molar-refractivity contribution in [3.05, 3.63) is 0 Å². The molecule has 2 unspecified atom stereocenters. The molecule has 0 aliphatic rings. The average Bonchev–Trinajstić information content (AvgIpc) is 2.25. The first-order chi connectivity index (χ1) is 8.27. The summed E-state index contributed by atoms with van der Waals surface area (Å²) in [4.78, 5) is 24.7. The fourth-order valence-electron chi connectivity index (χ4n) is 1.90. The summed E-state index contributed by atoms with van der Waals surface area (Å²) in [6.07, 6.45) is 1.05. The summed E-state index contributed by atoms with van der Waals surface area (Å²) in [6.45, 7) is 8.29. The van der Waals surface area contributed by atoms with Gasteiger partial charge in [-0.1, -0.05) is 13.8 Å². The van der Waals surface area contributed by atoms with E-state index >= 15 is 0 Å². The Kier molecular flexibility index (Phi) is 7.59. The number of carbonyl (C=O) groups is 2. The smallest absolute Gasteiger partial charge is 0.329 e. The number of methoxy groups -OCH3 is 1. The van der Waals surface area contributed by atoms with Gasteiger partial charge in [-0.05, 0) is 26.3 Å². The molecule has 0 bridgehead atoms. The summed E-state index contributed by atoms with van der Waals surface area (Å²) in [5, 5.41) is 2.61. The standard InChI is InChI=1S/C13H26N2O3/c1-9(2)7-10(3)15(5)8-12(13(17)18-6)14-11(4)16/h9-10,12H,7-8H2,1-6H3,(H,14,16). The van der Waals surface area contributed by atoms with Crippen molar-refractivity contribution >= 4 is 11.9 Å². The number of hydrogen-bond acceptors (Lipinski definition) is 4. The van der Waals surface area contributed by atoms with Gasteiger partial charge in [-0.2, -0.15) is 0 Å². The summed E-state index contributed by atoms with van der Waals surface area (Å²) in [5.74, 6) is -0.0381. The van der Waals surface area contributed by atoms with Gasteiger partial charge in [-0.25, -0.2) is 4.79 Å². The summed E-state index contributed by atoms with van der Waals surface area (Å²) >= 11 is 0. The van der Waals surface area contributed by atoms with Gasteiger partial charge in [0.25, 0.3) is 0 Å². The molecule has 0 radical (unpaired) electrons. The molecule has 0 aromatic rings. The van der Waals surface area contributed by atoms with Gasteiger partial charge in [0.05, 0.1) is 7.11 Å². The lowest BCUT2D eigenvalue weighted by Crippen LogP contribution is -2.49. The van der Waals surface area contributed by atoms with E-state index in [1.807, 2.05) is 7.05 Å². The number of amides is 1. The molecule has 0 rings (SSSR count). The molecule has 0 aliphatic heterocycles. The highest BCUT2D eigenvalue weighted by Gasteiger charge is 2.23. The Labute approximate surface area is 110 Å². The molecule has 0 saturated heterocycles. The maximum absolute atomic E-state index is 11.6. The molecular formula is C13H26N2O3. The number of carbonyl (C=O) groups excluding carboxylic acids is 2. The van der Waals surface area contributed by atoms with E-state index in [1.54, 1.807) is 0 Å². The zero-order valence-electron chi connectivity index (χ0n) is 12.3. The predicted molar refractivity (Wildman–Crippen MR) is 71.2 cm³/mol. The van der Waals surface area contributed by atoms with Crippen molar-refractivity contribution in [3.8, 4) is 0 Å². The van der Waals surface area contributed by atoms with E-state index in [0.717, 1.165) is 6.42 Å². The Balaban J connectivity index is 4.46. The molecule has 5 heteroatoms. The van der Waals surface area contributed by atoms with Crippen LogP contribution in [0.3, 0.4) is 0 Å². The topological polar surface area (TPSA) is 58.6 Å². The van der Waals surface area contributed by atoms with Gasteiger partial charge in [0, 0.05) is 19.5 Å². The van der Waals surface area contributed by atoms with Crippen LogP contribution in [-0.2, 0) is 14.3 Å². The summed E-state index contributed by atoms with van der Waals surface area (Å²) in [6, 6.07) is -0.252. The Morgan fingerprint density at radius 2 is 1.83 bits per heavy atom. The van der Waals surface area contributed by atoms with Crippen LogP contribution < -0.4 is 5.32 Å². The number of nitrogens with one attached hydrogen (secondary N) is 1. The molecule has 0 aromatic heterocycles. The maximum atomic E-state index is 11.6. The number of likely N-dealkylation sites (N-methyl/N-ethyl adjacent to an activating group) is 1. The first-order valence-corrected chi connectivity index (χ1v) is 6.33. The first kappa shape index (κ1) is 16.9. The van der Waals surface area contributed by atoms with E-state index in [0.29, 0.717) is 18.5 Å². The first-order valence-electron chi connectivity index (χ1n) is 6.33. The highest BCUT2D eigenvalue weighted by molar-refractivity contribution is 5.83. The van der Waals surface area contributed by atoms with Gasteiger partial charge in [0.15, 0.2) is 0 Å². The number of ether oxygens (including phenoxy) is 1. The Morgan fingerprint density at radius 3 is 2.22 bits per heavy atom. The van der Waals surface area contributed by atoms with Gasteiger partial charge in [-0.15, -0.1) is 0 Å². The zero-order chi connectivity index (χ0) is 14.3. The summed E-state index contributed by atoms with van der Waals surface area (Å²) in [5.41, 5.74) is 0. The van der Waals surface area contributed by atoms with Gasteiger partial charge in [-0.3, -0.25) is 4.79 Å². The summed E-state index contributed by atoms with van der Waals surface area (Å²) < 4.78 is 4.69. The normalized spacial score (nSPS) is 14.4. The minimum absolute atomic E-state index is 0.227. The lowest BCUT2D eigenvalue weighted by molar-refractivity contribution is -0.145. The van der Waals surface area contributed by atoms with E-state index in [-0.39, 0.29) is 5.91 Å². The molecule has 2 atom stereocenters. The van der Waals surface area contributed by atoms with E-state index < -0.39 is 12.0 Å². The van der Waals surface area contributed by atoms with Gasteiger partial charge < -0.3 is 15.0 Å². The third-order valence-electron chi connectivity index (χ3n) is 2.90. The Morgan fingerprint density at radius 1 is 1.28 bits per heavy atom. The third-order valence-corrected chi connectivity index (χ3v) is 2.90. The second kappa shape index (κ2) is 8.08. The molecule has 0 aromatic carbocycles. The van der Waals surface area contributed by atoms with Crippen LogP contribution in [-0.4, -0.2) is 49.6 Å². The molecule has 1 amide bonds. The minimum atomic E-state index is -0.605. The number of esters is 1. The van der Waals surface area contributed by atoms with Crippen molar-refractivity contribution in [1.29, 1.82) is 0 Å². The van der Waals surface area contributed by atoms with Crippen molar-refractivity contribution in [1.82, 2.24) is 10.2 Å². The average molecular weight is 258 g/mol. The fraction of sp³-hybridized carbons (Fsp3) is 0.846. The molecule has 106 valence electrons. The second-order valence-corrected chi connectivity index (χ2v) is 5.19. The van der Waals surface area contributed by atoms with Gasteiger partial charge in [0.1, 0.15) is 6.04 Å². The van der Waals surface area contributed by atoms with Crippen molar-refractivity contribution in [2.24, 2.45) is 5.92 Å². The van der Waals surface area contributed by atoms with Crippen LogP contribution in [0.5, 0.6) is 0 Å². The van der Waals surface area contributed by atoms with Crippen LogP contribution in [0.2, 0.25) is 0 Å². The maximum Gasteiger partial charge on any atom is 0.329 e. The van der Waals surface area contributed by atoms with Crippen molar-refractivity contribution in [3.63, 3.8) is 0 Å². The van der Waals surface area contributed by atoms with E-state index in [2.05, 4.69) is 31.0 Å². The van der Waals surface area contributed by atoms with Crippen LogP contribution in [0.1, 0.15) is 34.1 Å². The molecule has 0 saturated carbocycles. The van der Waals surface area contributed by atoms with E-state index in [9.17, 15) is 9.59 Å². The van der Waals surface area contributed by atoms with Crippen LogP contribution in [0.4, 0.5) is 0 Å². The highest BCUT2D eigenvalue weighted by Crippen LogP contribution is 2.10. The fourth-order valence-corrected chi connectivity index (χ4v) is 1.90. The largest absolute Gasteiger partial charge is 0.467 e. The van der Waals surface area contributed by atoms with E-state index in [4.69, 9.17) is 4.74 Å². The molecule has 1 N–H and O–H groups in total. The molecule has 0 aliphatic carbocycles. The quantitative estimate of drug-likeness (QED) is 0.693. The van der Waals surface area contributed by atoms with Crippen molar-refractivity contribution in [2.75, 3.05) is 20.7 Å². The number of hydrogen-bond donors (Lipinski definition) is 1. The molecular weight excluding hydrogens is 232 g/mol. The molecule has 0 spiro atoms. The summed E-state index contributed by atoms with van der Waals surface area (Å²) in [7, 11) is 3.28. The molecule has 0 heterocycles. The SMILES string of the molecule is COC(=O)C(CN(C)C(C)CC(C)C)NC(C)=O. The van der Waals surface area contributed by atoms with Crippen LogP contribution in [0.15, 0.2) is 0 Å². The molecule has 0 fully saturated rings. The molecule has 5 nitrogen and oxygen atoms in total. The van der Waals surface area contributed by atoms with Crippen molar-refractivity contribution in [2.45, 2.75) is 46.2 Å². The predicted octanol–water partition coefficient (Wildman–Crippen LogP) is 1.03. The highest BCUT2D eigenvalue weighted by atomic mass is 16.5. The molecule has 18 heavy (non-hydrogen) atoms. The van der Waals surface area contributed by atoms with E-state index in [1.165, 1.54) is 14.0 Å². The Bertz CT molecular complexity index is 279.